The highest BCUT2D eigenvalue weighted by molar-refractivity contribution is 7.99. The first-order valence-corrected chi connectivity index (χ1v) is 11.9. The van der Waals surface area contributed by atoms with Crippen LogP contribution in [0.1, 0.15) is 42.6 Å². The van der Waals surface area contributed by atoms with Gasteiger partial charge in [0.25, 0.3) is 5.91 Å². The Labute approximate surface area is 192 Å². The summed E-state index contributed by atoms with van der Waals surface area (Å²) in [4.78, 5) is 30.8. The highest BCUT2D eigenvalue weighted by atomic mass is 32.2. The molecule has 0 aliphatic carbocycles. The Hall–Kier alpha value is -3.13. The van der Waals surface area contributed by atoms with E-state index in [1.807, 2.05) is 26.0 Å². The molecule has 1 aromatic heterocycles. The summed E-state index contributed by atoms with van der Waals surface area (Å²) < 4.78 is 5.30. The Morgan fingerprint density at radius 3 is 2.31 bits per heavy atom. The van der Waals surface area contributed by atoms with E-state index in [0.717, 1.165) is 12.0 Å². The van der Waals surface area contributed by atoms with Crippen molar-refractivity contribution in [2.75, 3.05) is 24.2 Å². The highest BCUT2D eigenvalue weighted by Crippen LogP contribution is 2.19. The van der Waals surface area contributed by atoms with Crippen LogP contribution in [0.2, 0.25) is 0 Å². The molecule has 2 aromatic carbocycles. The molecule has 1 N–H and O–H groups in total. The fraction of sp³-hybridized carbons (Fsp3) is 0.333. The van der Waals surface area contributed by atoms with Crippen LogP contribution in [0.3, 0.4) is 0 Å². The Morgan fingerprint density at radius 1 is 1.00 bits per heavy atom. The predicted molar refractivity (Wildman–Crippen MR) is 128 cm³/mol. The zero-order chi connectivity index (χ0) is 22.9. The number of hydrogen-bond donors (Lipinski definition) is 1. The van der Waals surface area contributed by atoms with Gasteiger partial charge in [0.15, 0.2) is 0 Å². The van der Waals surface area contributed by atoms with Gasteiger partial charge >= 0.3 is 0 Å². The minimum absolute atomic E-state index is 0.0105. The lowest BCUT2D eigenvalue weighted by Crippen LogP contribution is -2.30. The van der Waals surface area contributed by atoms with Crippen molar-refractivity contribution in [3.05, 3.63) is 65.5 Å². The fourth-order valence-electron chi connectivity index (χ4n) is 3.14. The van der Waals surface area contributed by atoms with Crippen molar-refractivity contribution < 1.29 is 14.1 Å². The van der Waals surface area contributed by atoms with Crippen LogP contribution < -0.4 is 5.32 Å². The summed E-state index contributed by atoms with van der Waals surface area (Å²) in [6, 6.07) is 15.0. The maximum atomic E-state index is 12.4. The monoisotopic (exact) mass is 452 g/mol. The van der Waals surface area contributed by atoms with Gasteiger partial charge in [-0.15, -0.1) is 11.8 Å². The molecular weight excluding hydrogens is 424 g/mol. The molecular formula is C24H28N4O3S. The Bertz CT molecular complexity index is 1030. The van der Waals surface area contributed by atoms with Gasteiger partial charge in [0, 0.05) is 29.9 Å². The third-order valence-electron chi connectivity index (χ3n) is 5.01. The number of rotatable bonds is 10. The molecule has 168 valence electrons. The summed E-state index contributed by atoms with van der Waals surface area (Å²) >= 11 is 1.40. The third kappa shape index (κ3) is 6.20. The Balaban J connectivity index is 1.46. The summed E-state index contributed by atoms with van der Waals surface area (Å²) in [5.41, 5.74) is 3.42. The van der Waals surface area contributed by atoms with Gasteiger partial charge in [0.1, 0.15) is 0 Å². The van der Waals surface area contributed by atoms with Gasteiger partial charge in [-0.1, -0.05) is 36.3 Å². The van der Waals surface area contributed by atoms with Crippen molar-refractivity contribution in [3.63, 3.8) is 0 Å². The number of carbonyl (C=O) groups is 2. The van der Waals surface area contributed by atoms with E-state index in [0.29, 0.717) is 41.8 Å². The van der Waals surface area contributed by atoms with Gasteiger partial charge in [0.05, 0.1) is 11.5 Å². The number of thioether (sulfide) groups is 1. The zero-order valence-corrected chi connectivity index (χ0v) is 19.4. The van der Waals surface area contributed by atoms with E-state index >= 15 is 0 Å². The number of nitrogens with zero attached hydrogens (tertiary/aromatic N) is 3. The molecule has 7 nitrogen and oxygen atoms in total. The standard InChI is InChI=1S/C24H28N4O3S/c1-4-17-7-9-18(10-8-17)23-26-22(31-27-23)16-32-15-21(29)25-20-13-11-19(12-14-20)24(30)28(5-2)6-3/h7-14H,4-6,15-16H2,1-3H3,(H,25,29). The van der Waals surface area contributed by atoms with Crippen molar-refractivity contribution in [2.24, 2.45) is 0 Å². The number of aromatic nitrogens is 2. The van der Waals surface area contributed by atoms with E-state index in [-0.39, 0.29) is 17.6 Å². The van der Waals surface area contributed by atoms with Gasteiger partial charge < -0.3 is 14.7 Å². The van der Waals surface area contributed by atoms with Crippen LogP contribution >= 0.6 is 11.8 Å². The summed E-state index contributed by atoms with van der Waals surface area (Å²) in [6.45, 7) is 7.34. The van der Waals surface area contributed by atoms with E-state index in [2.05, 4.69) is 34.5 Å². The second-order valence-electron chi connectivity index (χ2n) is 7.16. The lowest BCUT2D eigenvalue weighted by atomic mass is 10.1. The molecule has 3 rings (SSSR count). The number of nitrogens with one attached hydrogen (secondary N) is 1. The molecule has 1 heterocycles. The first-order chi connectivity index (χ1) is 15.5. The average molecular weight is 453 g/mol. The lowest BCUT2D eigenvalue weighted by Gasteiger charge is -2.18. The molecule has 0 fully saturated rings. The highest BCUT2D eigenvalue weighted by Gasteiger charge is 2.13. The largest absolute Gasteiger partial charge is 0.339 e. The number of aryl methyl sites for hydroxylation is 1. The fourth-order valence-corrected chi connectivity index (χ4v) is 3.79. The van der Waals surface area contributed by atoms with Crippen molar-refractivity contribution in [3.8, 4) is 11.4 Å². The maximum absolute atomic E-state index is 12.4. The van der Waals surface area contributed by atoms with E-state index < -0.39 is 0 Å². The van der Waals surface area contributed by atoms with Crippen LogP contribution in [-0.4, -0.2) is 45.7 Å². The first kappa shape index (κ1) is 23.5. The zero-order valence-electron chi connectivity index (χ0n) is 18.6. The minimum atomic E-state index is -0.132. The molecule has 0 saturated heterocycles. The molecule has 0 radical (unpaired) electrons. The molecule has 0 atom stereocenters. The van der Waals surface area contributed by atoms with Crippen molar-refractivity contribution in [2.45, 2.75) is 32.9 Å². The van der Waals surface area contributed by atoms with Crippen LogP contribution in [0.5, 0.6) is 0 Å². The van der Waals surface area contributed by atoms with Crippen molar-refractivity contribution >= 4 is 29.3 Å². The second kappa shape index (κ2) is 11.5. The van der Waals surface area contributed by atoms with E-state index in [1.54, 1.807) is 29.2 Å². The number of anilines is 1. The van der Waals surface area contributed by atoms with Gasteiger partial charge in [-0.3, -0.25) is 9.59 Å². The summed E-state index contributed by atoms with van der Waals surface area (Å²) in [5, 5.41) is 6.87. The number of amides is 2. The first-order valence-electron chi connectivity index (χ1n) is 10.7. The van der Waals surface area contributed by atoms with Crippen molar-refractivity contribution in [1.82, 2.24) is 15.0 Å². The second-order valence-corrected chi connectivity index (χ2v) is 8.14. The molecule has 0 aliphatic rings. The molecule has 3 aromatic rings. The van der Waals surface area contributed by atoms with Crippen LogP contribution in [-0.2, 0) is 17.0 Å². The van der Waals surface area contributed by atoms with Crippen LogP contribution in [0, 0.1) is 0 Å². The van der Waals surface area contributed by atoms with E-state index in [4.69, 9.17) is 4.52 Å². The van der Waals surface area contributed by atoms with Gasteiger partial charge in [0.2, 0.25) is 17.6 Å². The maximum Gasteiger partial charge on any atom is 0.253 e. The third-order valence-corrected chi connectivity index (χ3v) is 5.93. The van der Waals surface area contributed by atoms with Crippen LogP contribution in [0.4, 0.5) is 5.69 Å². The molecule has 0 saturated carbocycles. The summed E-state index contributed by atoms with van der Waals surface area (Å²) in [6.07, 6.45) is 0.981. The van der Waals surface area contributed by atoms with E-state index in [9.17, 15) is 9.59 Å². The van der Waals surface area contributed by atoms with Crippen LogP contribution in [0.25, 0.3) is 11.4 Å². The number of benzene rings is 2. The normalized spacial score (nSPS) is 10.7. The molecule has 0 spiro atoms. The Kier molecular flexibility index (Phi) is 8.44. The SMILES string of the molecule is CCc1ccc(-c2noc(CSCC(=O)Nc3ccc(C(=O)N(CC)CC)cc3)n2)cc1. The summed E-state index contributed by atoms with van der Waals surface area (Å²) in [7, 11) is 0. The van der Waals surface area contributed by atoms with Crippen LogP contribution in [0.15, 0.2) is 53.1 Å². The molecule has 0 bridgehead atoms. The van der Waals surface area contributed by atoms with Gasteiger partial charge in [-0.05, 0) is 50.1 Å². The number of carbonyl (C=O) groups excluding carboxylic acids is 2. The minimum Gasteiger partial charge on any atom is -0.339 e. The molecule has 2 amide bonds. The van der Waals surface area contributed by atoms with Gasteiger partial charge in [-0.25, -0.2) is 0 Å². The van der Waals surface area contributed by atoms with E-state index in [1.165, 1.54) is 17.3 Å². The Morgan fingerprint density at radius 2 is 1.69 bits per heavy atom. The van der Waals surface area contributed by atoms with Gasteiger partial charge in [-0.2, -0.15) is 4.98 Å². The molecule has 0 aliphatic heterocycles. The topological polar surface area (TPSA) is 88.3 Å². The molecule has 0 unspecified atom stereocenters. The lowest BCUT2D eigenvalue weighted by molar-refractivity contribution is -0.113. The smallest absolute Gasteiger partial charge is 0.253 e. The molecule has 32 heavy (non-hydrogen) atoms. The number of hydrogen-bond acceptors (Lipinski definition) is 6. The quantitative estimate of drug-likeness (QED) is 0.482. The average Bonchev–Trinajstić information content (AvgIpc) is 3.29. The molecule has 8 heteroatoms. The summed E-state index contributed by atoms with van der Waals surface area (Å²) in [5.74, 6) is 1.59. The predicted octanol–water partition coefficient (Wildman–Crippen LogP) is 4.65. The van der Waals surface area contributed by atoms with Crippen molar-refractivity contribution in [1.29, 1.82) is 0 Å².